The highest BCUT2D eigenvalue weighted by Gasteiger charge is 2.17. The van der Waals surface area contributed by atoms with E-state index in [1.807, 2.05) is 11.7 Å². The van der Waals surface area contributed by atoms with Crippen LogP contribution in [0.4, 0.5) is 0 Å². The second-order valence-electron chi connectivity index (χ2n) is 5.02. The quantitative estimate of drug-likeness (QED) is 0.757. The second kappa shape index (κ2) is 5.92. The van der Waals surface area contributed by atoms with Gasteiger partial charge in [0.05, 0.1) is 5.69 Å². The van der Waals surface area contributed by atoms with Crippen LogP contribution in [-0.4, -0.2) is 50.8 Å². The molecule has 0 spiro atoms. The predicted molar refractivity (Wildman–Crippen MR) is 78.9 cm³/mol. The third kappa shape index (κ3) is 2.77. The number of nitrogens with zero attached hydrogens (tertiary/aromatic N) is 5. The van der Waals surface area contributed by atoms with Gasteiger partial charge in [0.25, 0.3) is 0 Å². The molecule has 0 aliphatic carbocycles. The first-order valence-corrected chi connectivity index (χ1v) is 7.23. The first-order chi connectivity index (χ1) is 9.08. The van der Waals surface area contributed by atoms with Crippen LogP contribution in [0.1, 0.15) is 18.4 Å². The summed E-state index contributed by atoms with van der Waals surface area (Å²) >= 11 is 5.89. The number of alkyl halides is 1. The van der Waals surface area contributed by atoms with Gasteiger partial charge in [-0.25, -0.2) is 4.98 Å². The first kappa shape index (κ1) is 14.3. The van der Waals surface area contributed by atoms with Crippen molar-refractivity contribution in [1.82, 2.24) is 24.2 Å². The number of hydrogen-bond donors (Lipinski definition) is 0. The van der Waals surface area contributed by atoms with E-state index in [9.17, 15) is 0 Å². The molecule has 0 radical (unpaired) electrons. The minimum atomic E-state index is 0.597. The van der Waals surface area contributed by atoms with Gasteiger partial charge in [-0.15, -0.1) is 11.6 Å². The van der Waals surface area contributed by atoms with E-state index in [1.54, 1.807) is 0 Å². The van der Waals surface area contributed by atoms with Crippen molar-refractivity contribution in [2.75, 3.05) is 26.5 Å². The van der Waals surface area contributed by atoms with Crippen LogP contribution in [0.2, 0.25) is 0 Å². The number of aromatic nitrogens is 4. The van der Waals surface area contributed by atoms with Crippen molar-refractivity contribution in [3.05, 3.63) is 11.5 Å². The minimum Gasteiger partial charge on any atom is -0.312 e. The van der Waals surface area contributed by atoms with E-state index in [0.717, 1.165) is 48.6 Å². The molecule has 6 heteroatoms. The lowest BCUT2D eigenvalue weighted by Crippen LogP contribution is -2.20. The molecule has 0 amide bonds. The van der Waals surface area contributed by atoms with Crippen LogP contribution >= 0.6 is 11.6 Å². The van der Waals surface area contributed by atoms with Crippen LogP contribution in [0.5, 0.6) is 0 Å². The summed E-state index contributed by atoms with van der Waals surface area (Å²) in [7, 11) is 6.14. The SMILES string of the molecule is CCc1nn(C)c2c1nc(CCCl)n2CCN(C)C. The standard InChI is InChI=1S/C13H22ClN5/c1-5-10-12-13(18(4)16-10)19(9-8-17(2)3)11(15-12)6-7-14/h5-9H2,1-4H3. The Morgan fingerprint density at radius 3 is 2.63 bits per heavy atom. The summed E-state index contributed by atoms with van der Waals surface area (Å²) in [5.74, 6) is 1.66. The van der Waals surface area contributed by atoms with Crippen LogP contribution < -0.4 is 0 Å². The molecule has 0 aliphatic heterocycles. The topological polar surface area (TPSA) is 38.9 Å². The Morgan fingerprint density at radius 1 is 1.32 bits per heavy atom. The van der Waals surface area contributed by atoms with Crippen molar-refractivity contribution >= 4 is 22.8 Å². The molecule has 2 rings (SSSR count). The molecule has 106 valence electrons. The van der Waals surface area contributed by atoms with E-state index in [0.29, 0.717) is 5.88 Å². The number of halogens is 1. The Kier molecular flexibility index (Phi) is 4.47. The normalized spacial score (nSPS) is 11.9. The van der Waals surface area contributed by atoms with E-state index >= 15 is 0 Å². The Labute approximate surface area is 119 Å². The first-order valence-electron chi connectivity index (χ1n) is 6.70. The van der Waals surface area contributed by atoms with Gasteiger partial charge in [0.1, 0.15) is 11.3 Å². The van der Waals surface area contributed by atoms with Crippen LogP contribution in [0.3, 0.4) is 0 Å². The maximum Gasteiger partial charge on any atom is 0.158 e. The zero-order chi connectivity index (χ0) is 14.0. The van der Waals surface area contributed by atoms with Gasteiger partial charge in [-0.1, -0.05) is 6.92 Å². The van der Waals surface area contributed by atoms with Gasteiger partial charge in [-0.3, -0.25) is 4.68 Å². The minimum absolute atomic E-state index is 0.597. The average molecular weight is 284 g/mol. The van der Waals surface area contributed by atoms with Gasteiger partial charge in [0, 0.05) is 32.4 Å². The summed E-state index contributed by atoms with van der Waals surface area (Å²) in [5.41, 5.74) is 3.21. The Balaban J connectivity index is 2.49. The Bertz CT molecular complexity index is 555. The average Bonchev–Trinajstić information content (AvgIpc) is 2.86. The van der Waals surface area contributed by atoms with Crippen LogP contribution in [0, 0.1) is 0 Å². The Hall–Kier alpha value is -1.07. The highest BCUT2D eigenvalue weighted by molar-refractivity contribution is 6.17. The van der Waals surface area contributed by atoms with E-state index in [4.69, 9.17) is 16.6 Å². The zero-order valence-corrected chi connectivity index (χ0v) is 12.9. The fraction of sp³-hybridized carbons (Fsp3) is 0.692. The van der Waals surface area contributed by atoms with Crippen molar-refractivity contribution < 1.29 is 0 Å². The number of aryl methyl sites for hydroxylation is 3. The summed E-state index contributed by atoms with van der Waals surface area (Å²) in [6.07, 6.45) is 1.70. The van der Waals surface area contributed by atoms with Gasteiger partial charge >= 0.3 is 0 Å². The van der Waals surface area contributed by atoms with Gasteiger partial charge in [0.15, 0.2) is 5.65 Å². The molecule has 0 aliphatic rings. The van der Waals surface area contributed by atoms with Crippen molar-refractivity contribution in [1.29, 1.82) is 0 Å². The molecule has 19 heavy (non-hydrogen) atoms. The van der Waals surface area contributed by atoms with Crippen LogP contribution in [0.15, 0.2) is 0 Å². The molecule has 0 N–H and O–H groups in total. The number of fused-ring (bicyclic) bond motifs is 1. The van der Waals surface area contributed by atoms with E-state index < -0.39 is 0 Å². The van der Waals surface area contributed by atoms with Gasteiger partial charge in [-0.2, -0.15) is 5.10 Å². The maximum atomic E-state index is 5.89. The summed E-state index contributed by atoms with van der Waals surface area (Å²) in [5, 5.41) is 4.54. The van der Waals surface area contributed by atoms with Crippen molar-refractivity contribution in [2.24, 2.45) is 7.05 Å². The molecule has 0 saturated carbocycles. The number of rotatable bonds is 6. The number of imidazole rings is 1. The summed E-state index contributed by atoms with van der Waals surface area (Å²) in [4.78, 5) is 6.92. The summed E-state index contributed by atoms with van der Waals surface area (Å²) in [6, 6.07) is 0. The van der Waals surface area contributed by atoms with Crippen molar-refractivity contribution in [3.63, 3.8) is 0 Å². The van der Waals surface area contributed by atoms with E-state index in [-0.39, 0.29) is 0 Å². The largest absolute Gasteiger partial charge is 0.312 e. The van der Waals surface area contributed by atoms with E-state index in [1.165, 1.54) is 0 Å². The van der Waals surface area contributed by atoms with E-state index in [2.05, 4.69) is 35.6 Å². The second-order valence-corrected chi connectivity index (χ2v) is 5.40. The molecule has 2 aromatic heterocycles. The smallest absolute Gasteiger partial charge is 0.158 e. The monoisotopic (exact) mass is 283 g/mol. The summed E-state index contributed by atoms with van der Waals surface area (Å²) in [6.45, 7) is 4.01. The number of hydrogen-bond acceptors (Lipinski definition) is 3. The lowest BCUT2D eigenvalue weighted by molar-refractivity contribution is 0.382. The number of likely N-dealkylation sites (N-methyl/N-ethyl adjacent to an activating group) is 1. The molecule has 0 saturated heterocycles. The lowest BCUT2D eigenvalue weighted by atomic mass is 10.3. The zero-order valence-electron chi connectivity index (χ0n) is 12.1. The van der Waals surface area contributed by atoms with Gasteiger partial charge in [0.2, 0.25) is 0 Å². The highest BCUT2D eigenvalue weighted by atomic mass is 35.5. The fourth-order valence-corrected chi connectivity index (χ4v) is 2.50. The van der Waals surface area contributed by atoms with Crippen molar-refractivity contribution in [3.8, 4) is 0 Å². The molecule has 0 unspecified atom stereocenters. The highest BCUT2D eigenvalue weighted by Crippen LogP contribution is 2.20. The molecule has 2 heterocycles. The third-order valence-electron chi connectivity index (χ3n) is 3.29. The summed E-state index contributed by atoms with van der Waals surface area (Å²) < 4.78 is 4.19. The lowest BCUT2D eigenvalue weighted by Gasteiger charge is -2.13. The molecule has 0 fully saturated rings. The fourth-order valence-electron chi connectivity index (χ4n) is 2.34. The molecule has 0 bridgehead atoms. The van der Waals surface area contributed by atoms with Crippen LogP contribution in [0.25, 0.3) is 11.2 Å². The predicted octanol–water partition coefficient (Wildman–Crippen LogP) is 1.68. The maximum absolute atomic E-state index is 5.89. The van der Waals surface area contributed by atoms with Gasteiger partial charge < -0.3 is 9.47 Å². The Morgan fingerprint density at radius 2 is 2.05 bits per heavy atom. The molecule has 0 atom stereocenters. The third-order valence-corrected chi connectivity index (χ3v) is 3.48. The molecule has 0 aromatic carbocycles. The molecular weight excluding hydrogens is 262 g/mol. The van der Waals surface area contributed by atoms with Crippen LogP contribution in [-0.2, 0) is 26.4 Å². The molecular formula is C13H22ClN5. The molecule has 5 nitrogen and oxygen atoms in total. The molecule has 2 aromatic rings. The van der Waals surface area contributed by atoms with Gasteiger partial charge in [-0.05, 0) is 20.5 Å². The van der Waals surface area contributed by atoms with Crippen molar-refractivity contribution in [2.45, 2.75) is 26.3 Å².